The summed E-state index contributed by atoms with van der Waals surface area (Å²) in [6, 6.07) is 8.77. The SMILES string of the molecule is C=S(C)c1cccc(CCC)c1. The molecule has 1 heteroatoms. The van der Waals surface area contributed by atoms with Gasteiger partial charge in [0.05, 0.1) is 0 Å². The Morgan fingerprint density at radius 2 is 2.17 bits per heavy atom. The molecule has 12 heavy (non-hydrogen) atoms. The third-order valence-corrected chi connectivity index (χ3v) is 2.90. The largest absolute Gasteiger partial charge is 0.165 e. The Labute approximate surface area is 77.6 Å². The Balaban J connectivity index is 2.88. The van der Waals surface area contributed by atoms with Crippen molar-refractivity contribution < 1.29 is 0 Å². The molecule has 0 radical (unpaired) electrons. The summed E-state index contributed by atoms with van der Waals surface area (Å²) in [4.78, 5) is 1.38. The highest BCUT2D eigenvalue weighted by Crippen LogP contribution is 2.21. The maximum atomic E-state index is 4.04. The van der Waals surface area contributed by atoms with Crippen LogP contribution in [0.25, 0.3) is 0 Å². The van der Waals surface area contributed by atoms with Crippen molar-refractivity contribution in [2.75, 3.05) is 6.26 Å². The minimum atomic E-state index is 0.157. The fourth-order valence-electron chi connectivity index (χ4n) is 1.21. The maximum Gasteiger partial charge on any atom is 0.00113 e. The molecule has 0 saturated heterocycles. The molecule has 1 unspecified atom stereocenters. The molecule has 0 aliphatic heterocycles. The van der Waals surface area contributed by atoms with Gasteiger partial charge >= 0.3 is 0 Å². The molecule has 66 valence electrons. The van der Waals surface area contributed by atoms with Crippen LogP contribution in [0, 0.1) is 0 Å². The van der Waals surface area contributed by atoms with E-state index in [1.54, 1.807) is 0 Å². The monoisotopic (exact) mass is 180 g/mol. The molecule has 1 atom stereocenters. The Kier molecular flexibility index (Phi) is 3.54. The van der Waals surface area contributed by atoms with Gasteiger partial charge in [0.2, 0.25) is 0 Å². The molecule has 1 rings (SSSR count). The minimum absolute atomic E-state index is 0.157. The topological polar surface area (TPSA) is 0 Å². The first-order valence-electron chi connectivity index (χ1n) is 4.28. The third kappa shape index (κ3) is 2.49. The van der Waals surface area contributed by atoms with E-state index in [1.165, 1.54) is 23.3 Å². The van der Waals surface area contributed by atoms with Gasteiger partial charge in [0.1, 0.15) is 0 Å². The predicted octanol–water partition coefficient (Wildman–Crippen LogP) is 3.33. The Bertz CT molecular complexity index is 276. The Morgan fingerprint density at radius 1 is 1.42 bits per heavy atom. The molecule has 1 aromatic carbocycles. The zero-order valence-corrected chi connectivity index (χ0v) is 8.66. The Hall–Kier alpha value is -0.560. The van der Waals surface area contributed by atoms with E-state index < -0.39 is 0 Å². The summed E-state index contributed by atoms with van der Waals surface area (Å²) in [7, 11) is 0.157. The van der Waals surface area contributed by atoms with Crippen molar-refractivity contribution in [1.29, 1.82) is 0 Å². The van der Waals surface area contributed by atoms with E-state index in [1.807, 2.05) is 0 Å². The second-order valence-corrected chi connectivity index (χ2v) is 4.78. The standard InChI is InChI=1S/C11H16S/c1-4-6-10-7-5-8-11(9-10)12(2)3/h5,7-9H,2,4,6H2,1,3H3. The van der Waals surface area contributed by atoms with Crippen LogP contribution in [-0.4, -0.2) is 12.1 Å². The van der Waals surface area contributed by atoms with E-state index in [0.717, 1.165) is 0 Å². The molecule has 0 spiro atoms. The van der Waals surface area contributed by atoms with Crippen LogP contribution >= 0.6 is 10.5 Å². The molecule has 0 aromatic heterocycles. The normalized spacial score (nSPS) is 12.8. The van der Waals surface area contributed by atoms with E-state index in [2.05, 4.69) is 43.3 Å². The first kappa shape index (κ1) is 9.53. The van der Waals surface area contributed by atoms with Crippen molar-refractivity contribution in [2.24, 2.45) is 0 Å². The smallest absolute Gasteiger partial charge is 0.00113 e. The number of hydrogen-bond acceptors (Lipinski definition) is 0. The first-order valence-corrected chi connectivity index (χ1v) is 6.09. The number of hydrogen-bond donors (Lipinski definition) is 0. The molecule has 0 aliphatic carbocycles. The van der Waals surface area contributed by atoms with Gasteiger partial charge in [-0.15, -0.1) is 0 Å². The number of benzene rings is 1. The molecule has 0 saturated carbocycles. The van der Waals surface area contributed by atoms with Gasteiger partial charge in [-0.1, -0.05) is 31.3 Å². The van der Waals surface area contributed by atoms with E-state index in [4.69, 9.17) is 0 Å². The summed E-state index contributed by atoms with van der Waals surface area (Å²) in [5, 5.41) is 0. The molecular weight excluding hydrogens is 164 g/mol. The summed E-state index contributed by atoms with van der Waals surface area (Å²) in [5.74, 6) is 4.04. The highest BCUT2D eigenvalue weighted by atomic mass is 32.2. The lowest BCUT2D eigenvalue weighted by Crippen LogP contribution is -1.83. The molecule has 0 bridgehead atoms. The van der Waals surface area contributed by atoms with Crippen molar-refractivity contribution in [3.8, 4) is 0 Å². The summed E-state index contributed by atoms with van der Waals surface area (Å²) in [5.41, 5.74) is 1.44. The molecule has 0 aliphatic rings. The molecule has 0 amide bonds. The third-order valence-electron chi connectivity index (χ3n) is 1.84. The molecule has 0 fully saturated rings. The van der Waals surface area contributed by atoms with Crippen LogP contribution in [0.1, 0.15) is 18.9 Å². The highest BCUT2D eigenvalue weighted by Gasteiger charge is 1.94. The highest BCUT2D eigenvalue weighted by molar-refractivity contribution is 8.13. The van der Waals surface area contributed by atoms with Crippen LogP contribution in [0.15, 0.2) is 29.2 Å². The van der Waals surface area contributed by atoms with Crippen molar-refractivity contribution in [1.82, 2.24) is 0 Å². The average Bonchev–Trinajstić information content (AvgIpc) is 2.05. The van der Waals surface area contributed by atoms with Crippen LogP contribution < -0.4 is 0 Å². The summed E-state index contributed by atoms with van der Waals surface area (Å²) < 4.78 is 0. The van der Waals surface area contributed by atoms with Gasteiger partial charge in [-0.2, -0.15) is 10.5 Å². The molecule has 0 nitrogen and oxygen atoms in total. The van der Waals surface area contributed by atoms with E-state index in [9.17, 15) is 0 Å². The van der Waals surface area contributed by atoms with Crippen molar-refractivity contribution in [2.45, 2.75) is 24.7 Å². The van der Waals surface area contributed by atoms with Crippen molar-refractivity contribution in [3.05, 3.63) is 29.8 Å². The molecule has 1 aromatic rings. The number of rotatable bonds is 3. The van der Waals surface area contributed by atoms with Crippen LogP contribution in [0.4, 0.5) is 0 Å². The summed E-state index contributed by atoms with van der Waals surface area (Å²) >= 11 is 0. The first-order chi connectivity index (χ1) is 5.74. The quantitative estimate of drug-likeness (QED) is 0.626. The summed E-state index contributed by atoms with van der Waals surface area (Å²) in [6.45, 7) is 2.21. The van der Waals surface area contributed by atoms with Crippen LogP contribution in [0.2, 0.25) is 0 Å². The fourth-order valence-corrected chi connectivity index (χ4v) is 1.87. The van der Waals surface area contributed by atoms with Crippen LogP contribution in [0.3, 0.4) is 0 Å². The van der Waals surface area contributed by atoms with Crippen molar-refractivity contribution >= 4 is 16.4 Å². The number of aryl methyl sites for hydroxylation is 1. The lowest BCUT2D eigenvalue weighted by atomic mass is 10.1. The van der Waals surface area contributed by atoms with Gasteiger partial charge in [-0.25, -0.2) is 0 Å². The van der Waals surface area contributed by atoms with Crippen LogP contribution in [-0.2, 0) is 6.42 Å². The zero-order chi connectivity index (χ0) is 8.97. The van der Waals surface area contributed by atoms with Gasteiger partial charge in [0.15, 0.2) is 0 Å². The predicted molar refractivity (Wildman–Crippen MR) is 59.3 cm³/mol. The fraction of sp³-hybridized carbons (Fsp3) is 0.364. The average molecular weight is 180 g/mol. The second kappa shape index (κ2) is 4.46. The van der Waals surface area contributed by atoms with E-state index >= 15 is 0 Å². The minimum Gasteiger partial charge on any atom is -0.165 e. The van der Waals surface area contributed by atoms with Gasteiger partial charge in [0, 0.05) is 4.90 Å². The van der Waals surface area contributed by atoms with E-state index in [-0.39, 0.29) is 10.5 Å². The zero-order valence-electron chi connectivity index (χ0n) is 7.84. The second-order valence-electron chi connectivity index (χ2n) is 3.03. The lowest BCUT2D eigenvalue weighted by molar-refractivity contribution is 0.918. The Morgan fingerprint density at radius 3 is 2.75 bits per heavy atom. The molecule has 0 heterocycles. The van der Waals surface area contributed by atoms with Gasteiger partial charge in [0.25, 0.3) is 0 Å². The van der Waals surface area contributed by atoms with E-state index in [0.29, 0.717) is 0 Å². The maximum absolute atomic E-state index is 4.04. The molecule has 0 N–H and O–H groups in total. The lowest BCUT2D eigenvalue weighted by Gasteiger charge is -2.03. The molecular formula is C11H16S. The van der Waals surface area contributed by atoms with Gasteiger partial charge < -0.3 is 0 Å². The van der Waals surface area contributed by atoms with Gasteiger partial charge in [-0.05, 0) is 30.4 Å². The van der Waals surface area contributed by atoms with Crippen LogP contribution in [0.5, 0.6) is 0 Å². The summed E-state index contributed by atoms with van der Waals surface area (Å²) in [6.07, 6.45) is 4.56. The van der Waals surface area contributed by atoms with Crippen molar-refractivity contribution in [3.63, 3.8) is 0 Å². The van der Waals surface area contributed by atoms with Gasteiger partial charge in [-0.3, -0.25) is 0 Å².